The molecule has 186 valence electrons. The standard InChI is InChI=1S/C26H16F4N4O3/c27-18-5-6-19-16(11-18)8-9-34-20(19)12-24(33-25(34)35)36-14-15-4-7-21(17(10-15)13-31)37-23-3-1-2-22(32-23)26(28,29)30/h1-7,10-12H,8-9,14H2. The summed E-state index contributed by atoms with van der Waals surface area (Å²) in [6.07, 6.45) is -4.13. The zero-order chi connectivity index (χ0) is 26.2. The summed E-state index contributed by atoms with van der Waals surface area (Å²) in [5, 5.41) is 9.52. The summed E-state index contributed by atoms with van der Waals surface area (Å²) in [5.74, 6) is -0.591. The molecule has 1 aliphatic heterocycles. The maximum absolute atomic E-state index is 13.6. The van der Waals surface area contributed by atoms with Crippen LogP contribution in [0.3, 0.4) is 0 Å². The van der Waals surface area contributed by atoms with Crippen LogP contribution in [0, 0.1) is 17.1 Å². The average molecular weight is 508 g/mol. The van der Waals surface area contributed by atoms with E-state index in [0.717, 1.165) is 17.7 Å². The Balaban J connectivity index is 1.35. The van der Waals surface area contributed by atoms with Gasteiger partial charge in [0.1, 0.15) is 29.9 Å². The van der Waals surface area contributed by atoms with Gasteiger partial charge in [0.05, 0.1) is 11.3 Å². The topological polar surface area (TPSA) is 90.0 Å². The number of ether oxygens (including phenoxy) is 2. The molecule has 0 aliphatic carbocycles. The Labute approximate surface area is 207 Å². The third-order valence-electron chi connectivity index (χ3n) is 5.72. The van der Waals surface area contributed by atoms with E-state index in [0.29, 0.717) is 29.8 Å². The van der Waals surface area contributed by atoms with Crippen molar-refractivity contribution in [3.63, 3.8) is 0 Å². The minimum Gasteiger partial charge on any atom is -0.473 e. The first-order valence-corrected chi connectivity index (χ1v) is 11.0. The highest BCUT2D eigenvalue weighted by Gasteiger charge is 2.32. The highest BCUT2D eigenvalue weighted by molar-refractivity contribution is 5.66. The SMILES string of the molecule is N#Cc1cc(COc2cc3n(c(=O)n2)CCc2cc(F)ccc2-3)ccc1Oc1cccc(C(F)(F)F)n1. The number of hydrogen-bond donors (Lipinski definition) is 0. The van der Waals surface area contributed by atoms with Gasteiger partial charge in [0.15, 0.2) is 0 Å². The van der Waals surface area contributed by atoms with E-state index in [1.54, 1.807) is 18.2 Å². The summed E-state index contributed by atoms with van der Waals surface area (Å²) in [6.45, 7) is 0.314. The van der Waals surface area contributed by atoms with Crippen molar-refractivity contribution in [1.29, 1.82) is 5.26 Å². The number of hydrogen-bond acceptors (Lipinski definition) is 6. The van der Waals surface area contributed by atoms with E-state index in [1.807, 2.05) is 6.07 Å². The first-order chi connectivity index (χ1) is 17.7. The number of rotatable bonds is 5. The maximum atomic E-state index is 13.6. The Bertz CT molecular complexity index is 1610. The molecule has 0 amide bonds. The van der Waals surface area contributed by atoms with E-state index in [4.69, 9.17) is 9.47 Å². The lowest BCUT2D eigenvalue weighted by molar-refractivity contribution is -0.141. The number of fused-ring (bicyclic) bond motifs is 3. The van der Waals surface area contributed by atoms with Gasteiger partial charge in [-0.2, -0.15) is 23.4 Å². The summed E-state index contributed by atoms with van der Waals surface area (Å²) in [7, 11) is 0. The van der Waals surface area contributed by atoms with Crippen molar-refractivity contribution in [3.05, 3.63) is 99.3 Å². The van der Waals surface area contributed by atoms with Gasteiger partial charge in [0, 0.05) is 24.2 Å². The molecule has 3 heterocycles. The second kappa shape index (κ2) is 9.39. The van der Waals surface area contributed by atoms with Gasteiger partial charge in [0.25, 0.3) is 0 Å². The summed E-state index contributed by atoms with van der Waals surface area (Å²) in [6, 6.07) is 15.5. The Morgan fingerprint density at radius 1 is 1.03 bits per heavy atom. The van der Waals surface area contributed by atoms with Crippen molar-refractivity contribution in [2.45, 2.75) is 25.7 Å². The molecule has 2 aromatic heterocycles. The van der Waals surface area contributed by atoms with Crippen molar-refractivity contribution in [3.8, 4) is 34.8 Å². The molecule has 0 unspecified atom stereocenters. The lowest BCUT2D eigenvalue weighted by Crippen LogP contribution is -2.28. The molecule has 0 fully saturated rings. The minimum atomic E-state index is -4.63. The number of alkyl halides is 3. The Hall–Kier alpha value is -4.72. The molecule has 7 nitrogen and oxygen atoms in total. The lowest BCUT2D eigenvalue weighted by Gasteiger charge is -2.21. The fourth-order valence-electron chi connectivity index (χ4n) is 3.99. The molecule has 0 bridgehead atoms. The Morgan fingerprint density at radius 2 is 1.86 bits per heavy atom. The van der Waals surface area contributed by atoms with Gasteiger partial charge in [-0.1, -0.05) is 12.1 Å². The number of pyridine rings is 1. The minimum absolute atomic E-state index is 0.0204. The van der Waals surface area contributed by atoms with Gasteiger partial charge >= 0.3 is 11.9 Å². The zero-order valence-corrected chi connectivity index (χ0v) is 18.9. The molecule has 11 heteroatoms. The second-order valence-electron chi connectivity index (χ2n) is 8.16. The van der Waals surface area contributed by atoms with Crippen molar-refractivity contribution in [2.24, 2.45) is 0 Å². The van der Waals surface area contributed by atoms with Crippen LogP contribution in [-0.4, -0.2) is 14.5 Å². The molecule has 0 radical (unpaired) electrons. The normalized spacial score (nSPS) is 12.3. The van der Waals surface area contributed by atoms with Gasteiger partial charge in [-0.15, -0.1) is 0 Å². The van der Waals surface area contributed by atoms with Gasteiger partial charge in [-0.3, -0.25) is 4.57 Å². The van der Waals surface area contributed by atoms with Crippen LogP contribution in [0.15, 0.2) is 65.5 Å². The second-order valence-corrected chi connectivity index (χ2v) is 8.16. The van der Waals surface area contributed by atoms with Crippen LogP contribution in [0.2, 0.25) is 0 Å². The van der Waals surface area contributed by atoms with E-state index >= 15 is 0 Å². The molecular formula is C26H16F4N4O3. The largest absolute Gasteiger partial charge is 0.473 e. The molecule has 2 aromatic carbocycles. The summed E-state index contributed by atoms with van der Waals surface area (Å²) < 4.78 is 65.0. The molecule has 0 atom stereocenters. The number of halogens is 4. The smallest absolute Gasteiger partial charge is 0.433 e. The monoisotopic (exact) mass is 508 g/mol. The first-order valence-electron chi connectivity index (χ1n) is 11.0. The third kappa shape index (κ3) is 4.99. The van der Waals surface area contributed by atoms with Crippen molar-refractivity contribution >= 4 is 0 Å². The zero-order valence-electron chi connectivity index (χ0n) is 18.9. The van der Waals surface area contributed by atoms with Crippen LogP contribution in [0.5, 0.6) is 17.5 Å². The van der Waals surface area contributed by atoms with Gasteiger partial charge in [-0.25, -0.2) is 14.2 Å². The highest BCUT2D eigenvalue weighted by Crippen LogP contribution is 2.32. The van der Waals surface area contributed by atoms with Crippen LogP contribution in [0.1, 0.15) is 22.4 Å². The van der Waals surface area contributed by atoms with Crippen molar-refractivity contribution < 1.29 is 27.0 Å². The first kappa shape index (κ1) is 24.0. The van der Waals surface area contributed by atoms with Gasteiger partial charge < -0.3 is 9.47 Å². The van der Waals surface area contributed by atoms with Gasteiger partial charge in [-0.05, 0) is 53.9 Å². The Kier molecular flexibility index (Phi) is 6.09. The van der Waals surface area contributed by atoms with Crippen LogP contribution in [0.4, 0.5) is 17.6 Å². The lowest BCUT2D eigenvalue weighted by atomic mass is 9.98. The number of aromatic nitrogens is 3. The molecule has 1 aliphatic rings. The number of aryl methyl sites for hydroxylation is 1. The molecular weight excluding hydrogens is 492 g/mol. The fraction of sp³-hybridized carbons (Fsp3) is 0.154. The van der Waals surface area contributed by atoms with Crippen molar-refractivity contribution in [2.75, 3.05) is 0 Å². The van der Waals surface area contributed by atoms with Gasteiger partial charge in [0.2, 0.25) is 11.8 Å². The number of nitrogens with zero attached hydrogens (tertiary/aromatic N) is 4. The molecule has 0 N–H and O–H groups in total. The average Bonchev–Trinajstić information content (AvgIpc) is 2.87. The summed E-state index contributed by atoms with van der Waals surface area (Å²) >= 11 is 0. The predicted octanol–water partition coefficient (Wildman–Crippen LogP) is 5.26. The summed E-state index contributed by atoms with van der Waals surface area (Å²) in [5.41, 5.74) is 1.02. The number of nitriles is 1. The van der Waals surface area contributed by atoms with E-state index in [9.17, 15) is 27.6 Å². The van der Waals surface area contributed by atoms with E-state index < -0.39 is 17.6 Å². The van der Waals surface area contributed by atoms with Crippen LogP contribution in [0.25, 0.3) is 11.3 Å². The predicted molar refractivity (Wildman–Crippen MR) is 122 cm³/mol. The molecule has 5 rings (SSSR count). The molecule has 0 saturated heterocycles. The summed E-state index contributed by atoms with van der Waals surface area (Å²) in [4.78, 5) is 19.9. The number of benzene rings is 2. The fourth-order valence-corrected chi connectivity index (χ4v) is 3.99. The molecule has 4 aromatic rings. The quantitative estimate of drug-likeness (QED) is 0.342. The maximum Gasteiger partial charge on any atom is 0.433 e. The molecule has 0 spiro atoms. The third-order valence-corrected chi connectivity index (χ3v) is 5.72. The van der Waals surface area contributed by atoms with E-state index in [-0.39, 0.29) is 35.5 Å². The molecule has 37 heavy (non-hydrogen) atoms. The van der Waals surface area contributed by atoms with E-state index in [2.05, 4.69) is 9.97 Å². The van der Waals surface area contributed by atoms with Crippen LogP contribution >= 0.6 is 0 Å². The highest BCUT2D eigenvalue weighted by atomic mass is 19.4. The molecule has 0 saturated carbocycles. The van der Waals surface area contributed by atoms with Crippen LogP contribution < -0.4 is 15.2 Å². The van der Waals surface area contributed by atoms with Crippen LogP contribution in [-0.2, 0) is 25.7 Å². The van der Waals surface area contributed by atoms with E-state index in [1.165, 1.54) is 34.9 Å². The van der Waals surface area contributed by atoms with Crippen molar-refractivity contribution in [1.82, 2.24) is 14.5 Å². The Morgan fingerprint density at radius 3 is 2.65 bits per heavy atom.